The highest BCUT2D eigenvalue weighted by Gasteiger charge is 2.37. The number of aryl methyl sites for hydroxylation is 1. The minimum Gasteiger partial charge on any atom is -0.316 e. The van der Waals surface area contributed by atoms with Crippen LogP contribution >= 0.6 is 0 Å². The molecule has 178 valence electrons. The van der Waals surface area contributed by atoms with E-state index in [9.17, 15) is 9.59 Å². The Morgan fingerprint density at radius 3 is 2.76 bits per heavy atom. The van der Waals surface area contributed by atoms with Gasteiger partial charge < -0.3 is 5.32 Å². The predicted molar refractivity (Wildman–Crippen MR) is 129 cm³/mol. The number of nitrogens with one attached hydrogen (secondary N) is 2. The Hall–Kier alpha value is -2.45. The summed E-state index contributed by atoms with van der Waals surface area (Å²) < 4.78 is 1.86. The fraction of sp³-hybridized carbons (Fsp3) is 0.640. The van der Waals surface area contributed by atoms with Gasteiger partial charge in [-0.25, -0.2) is 4.79 Å². The third-order valence-electron chi connectivity index (χ3n) is 7.86. The molecule has 5 rings (SSSR count). The molecule has 3 fully saturated rings. The average Bonchev–Trinajstić information content (AvgIpc) is 3.11. The number of benzene rings is 1. The Bertz CT molecular complexity index is 1050. The van der Waals surface area contributed by atoms with Crippen molar-refractivity contribution in [2.75, 3.05) is 37.6 Å². The van der Waals surface area contributed by atoms with Crippen LogP contribution in [-0.2, 0) is 11.8 Å². The third kappa shape index (κ3) is 4.38. The molecule has 0 radical (unpaired) electrons. The Morgan fingerprint density at radius 2 is 2.03 bits per heavy atom. The Labute approximate surface area is 195 Å². The predicted octanol–water partition coefficient (Wildman–Crippen LogP) is 2.98. The van der Waals surface area contributed by atoms with Gasteiger partial charge in [0, 0.05) is 37.5 Å². The number of anilines is 1. The van der Waals surface area contributed by atoms with Crippen LogP contribution in [0.3, 0.4) is 0 Å². The summed E-state index contributed by atoms with van der Waals surface area (Å²) >= 11 is 0. The first-order valence-corrected chi connectivity index (χ1v) is 12.4. The number of amides is 3. The van der Waals surface area contributed by atoms with Gasteiger partial charge in [-0.1, -0.05) is 6.07 Å². The fourth-order valence-corrected chi connectivity index (χ4v) is 5.94. The van der Waals surface area contributed by atoms with Crippen LogP contribution in [0.15, 0.2) is 18.2 Å². The van der Waals surface area contributed by atoms with E-state index in [1.54, 1.807) is 4.90 Å². The van der Waals surface area contributed by atoms with Crippen LogP contribution in [0.5, 0.6) is 0 Å². The van der Waals surface area contributed by atoms with Crippen LogP contribution in [-0.4, -0.2) is 64.9 Å². The van der Waals surface area contributed by atoms with Gasteiger partial charge in [0.1, 0.15) is 0 Å². The lowest BCUT2D eigenvalue weighted by atomic mass is 9.78. The number of hydrogen-bond donors (Lipinski definition) is 2. The molecule has 1 aromatic heterocycles. The Balaban J connectivity index is 1.34. The largest absolute Gasteiger partial charge is 0.329 e. The summed E-state index contributed by atoms with van der Waals surface area (Å²) in [7, 11) is 1.92. The van der Waals surface area contributed by atoms with E-state index in [-0.39, 0.29) is 11.4 Å². The summed E-state index contributed by atoms with van der Waals surface area (Å²) in [5.74, 6) is 1.67. The monoisotopic (exact) mass is 452 g/mol. The van der Waals surface area contributed by atoms with Gasteiger partial charge in [-0.2, -0.15) is 5.10 Å². The lowest BCUT2D eigenvalue weighted by Crippen LogP contribution is -2.52. The molecule has 0 bridgehead atoms. The number of piperidine rings is 2. The molecule has 0 saturated carbocycles. The number of fused-ring (bicyclic) bond motifs is 1. The molecule has 8 heteroatoms. The van der Waals surface area contributed by atoms with E-state index in [0.29, 0.717) is 24.7 Å². The van der Waals surface area contributed by atoms with Crippen molar-refractivity contribution in [1.29, 1.82) is 0 Å². The number of urea groups is 1. The second-order valence-corrected chi connectivity index (χ2v) is 10.6. The van der Waals surface area contributed by atoms with Crippen molar-refractivity contribution >= 4 is 28.7 Å². The number of likely N-dealkylation sites (tertiary alicyclic amines) is 1. The molecular formula is C25H36N6O2. The van der Waals surface area contributed by atoms with Crippen molar-refractivity contribution < 1.29 is 9.59 Å². The standard InChI is InChI=1S/C25H36N6O2/c1-25(2)14-19(8-11-30(25)16-17-5-4-10-26-15-17)18-6-7-20-21(13-18)29(3)28-23(20)31-12-9-22(32)27-24(31)33/h6-7,13,17,19,26H,4-5,8-12,14-16H2,1-3H3,(H,27,32,33). The summed E-state index contributed by atoms with van der Waals surface area (Å²) in [6, 6.07) is 6.17. The minimum absolute atomic E-state index is 0.172. The average molecular weight is 453 g/mol. The molecule has 3 aliphatic heterocycles. The quantitative estimate of drug-likeness (QED) is 0.745. The highest BCUT2D eigenvalue weighted by molar-refractivity contribution is 6.08. The molecule has 4 heterocycles. The van der Waals surface area contributed by atoms with Crippen LogP contribution in [0.2, 0.25) is 0 Å². The van der Waals surface area contributed by atoms with E-state index in [1.165, 1.54) is 31.5 Å². The molecule has 33 heavy (non-hydrogen) atoms. The molecule has 2 N–H and O–H groups in total. The Kier molecular flexibility index (Phi) is 5.91. The number of imide groups is 1. The first kappa shape index (κ1) is 22.3. The molecule has 3 amide bonds. The summed E-state index contributed by atoms with van der Waals surface area (Å²) in [5.41, 5.74) is 2.55. The lowest BCUT2D eigenvalue weighted by molar-refractivity contribution is -0.120. The van der Waals surface area contributed by atoms with Crippen molar-refractivity contribution in [3.8, 4) is 0 Å². The van der Waals surface area contributed by atoms with E-state index >= 15 is 0 Å². The van der Waals surface area contributed by atoms with E-state index in [2.05, 4.69) is 52.7 Å². The number of rotatable bonds is 4. The molecule has 1 aromatic carbocycles. The van der Waals surface area contributed by atoms with E-state index in [0.717, 1.165) is 42.8 Å². The van der Waals surface area contributed by atoms with Gasteiger partial charge in [-0.15, -0.1) is 0 Å². The van der Waals surface area contributed by atoms with Gasteiger partial charge in [0.25, 0.3) is 0 Å². The SMILES string of the molecule is Cn1nc(N2CCC(=O)NC2=O)c2ccc(C3CCN(CC4CCCNC4)C(C)(C)C3)cc21. The van der Waals surface area contributed by atoms with Crippen molar-refractivity contribution in [1.82, 2.24) is 25.3 Å². The van der Waals surface area contributed by atoms with Crippen molar-refractivity contribution in [3.63, 3.8) is 0 Å². The van der Waals surface area contributed by atoms with Gasteiger partial charge in [0.15, 0.2) is 5.82 Å². The molecule has 2 unspecified atom stereocenters. The molecule has 0 aliphatic carbocycles. The minimum atomic E-state index is -0.391. The lowest BCUT2D eigenvalue weighted by Gasteiger charge is -2.47. The number of carbonyl (C=O) groups is 2. The normalized spacial score (nSPS) is 26.6. The van der Waals surface area contributed by atoms with Crippen molar-refractivity contribution in [3.05, 3.63) is 23.8 Å². The first-order chi connectivity index (χ1) is 15.8. The number of carbonyl (C=O) groups excluding carboxylic acids is 2. The Morgan fingerprint density at radius 1 is 1.18 bits per heavy atom. The van der Waals surface area contributed by atoms with E-state index in [4.69, 9.17) is 0 Å². The zero-order valence-corrected chi connectivity index (χ0v) is 20.1. The fourth-order valence-electron chi connectivity index (χ4n) is 5.94. The van der Waals surface area contributed by atoms with Crippen LogP contribution < -0.4 is 15.5 Å². The van der Waals surface area contributed by atoms with Crippen molar-refractivity contribution in [2.24, 2.45) is 13.0 Å². The third-order valence-corrected chi connectivity index (χ3v) is 7.86. The molecule has 3 aliphatic rings. The second-order valence-electron chi connectivity index (χ2n) is 10.6. The summed E-state index contributed by atoms with van der Waals surface area (Å²) in [6.07, 6.45) is 5.23. The molecule has 2 aromatic rings. The topological polar surface area (TPSA) is 82.5 Å². The highest BCUT2D eigenvalue weighted by atomic mass is 16.2. The molecule has 2 atom stereocenters. The van der Waals surface area contributed by atoms with Gasteiger partial charge >= 0.3 is 6.03 Å². The van der Waals surface area contributed by atoms with Gasteiger partial charge in [0.05, 0.1) is 5.52 Å². The maximum absolute atomic E-state index is 12.4. The highest BCUT2D eigenvalue weighted by Crippen LogP contribution is 2.40. The zero-order chi connectivity index (χ0) is 23.2. The molecule has 8 nitrogen and oxygen atoms in total. The molecule has 0 spiro atoms. The molecule has 3 saturated heterocycles. The van der Waals surface area contributed by atoms with Crippen molar-refractivity contribution in [2.45, 2.75) is 57.4 Å². The van der Waals surface area contributed by atoms with Crippen LogP contribution in [0, 0.1) is 5.92 Å². The van der Waals surface area contributed by atoms with Crippen LogP contribution in [0.25, 0.3) is 10.9 Å². The maximum Gasteiger partial charge on any atom is 0.329 e. The summed E-state index contributed by atoms with van der Waals surface area (Å²) in [6.45, 7) is 9.79. The number of aromatic nitrogens is 2. The van der Waals surface area contributed by atoms with Crippen LogP contribution in [0.4, 0.5) is 10.6 Å². The smallest absolute Gasteiger partial charge is 0.316 e. The van der Waals surface area contributed by atoms with Crippen LogP contribution in [0.1, 0.15) is 57.4 Å². The van der Waals surface area contributed by atoms with E-state index in [1.807, 2.05) is 11.7 Å². The zero-order valence-electron chi connectivity index (χ0n) is 20.1. The first-order valence-electron chi connectivity index (χ1n) is 12.4. The summed E-state index contributed by atoms with van der Waals surface area (Å²) in [4.78, 5) is 28.2. The van der Waals surface area contributed by atoms with Gasteiger partial charge in [-0.3, -0.25) is 24.6 Å². The second kappa shape index (κ2) is 8.72. The maximum atomic E-state index is 12.4. The van der Waals surface area contributed by atoms with Gasteiger partial charge in [-0.05, 0) is 88.7 Å². The van der Waals surface area contributed by atoms with Gasteiger partial charge in [0.2, 0.25) is 5.91 Å². The summed E-state index contributed by atoms with van der Waals surface area (Å²) in [5, 5.41) is 11.5. The molecular weight excluding hydrogens is 416 g/mol. The van der Waals surface area contributed by atoms with E-state index < -0.39 is 6.03 Å². The number of nitrogens with zero attached hydrogens (tertiary/aromatic N) is 4. The number of hydrogen-bond acceptors (Lipinski definition) is 5.